The Morgan fingerprint density at radius 2 is 1.79 bits per heavy atom. The van der Waals surface area contributed by atoms with Crippen molar-refractivity contribution in [3.05, 3.63) is 64.7 Å². The third kappa shape index (κ3) is 4.27. The number of nitrogens with one attached hydrogen (secondary N) is 1. The van der Waals surface area contributed by atoms with Crippen molar-refractivity contribution in [1.82, 2.24) is 5.32 Å². The van der Waals surface area contributed by atoms with Crippen LogP contribution in [-0.4, -0.2) is 27.6 Å². The highest BCUT2D eigenvalue weighted by molar-refractivity contribution is 7.92. The summed E-state index contributed by atoms with van der Waals surface area (Å²) in [5.41, 5.74) is 1.57. The average Bonchev–Trinajstić information content (AvgIpc) is 2.54. The van der Waals surface area contributed by atoms with Gasteiger partial charge < -0.3 is 5.32 Å². The molecule has 1 N–H and O–H groups in total. The van der Waals surface area contributed by atoms with Crippen molar-refractivity contribution in [2.24, 2.45) is 0 Å². The number of hydrogen-bond acceptors (Lipinski definition) is 3. The van der Waals surface area contributed by atoms with E-state index in [-0.39, 0.29) is 22.5 Å². The second kappa shape index (κ2) is 7.23. The Balaban J connectivity index is 2.26. The summed E-state index contributed by atoms with van der Waals surface area (Å²) < 4.78 is 24.4. The highest BCUT2D eigenvalue weighted by Gasteiger charge is 2.18. The number of carbonyl (C=O) groups is 1. The molecule has 2 aromatic rings. The molecule has 0 bridgehead atoms. The molecule has 0 saturated carbocycles. The number of amides is 1. The molecule has 0 saturated heterocycles. The van der Waals surface area contributed by atoms with E-state index in [1.54, 1.807) is 6.07 Å². The molecule has 0 aliphatic heterocycles. The van der Waals surface area contributed by atoms with Crippen LogP contribution >= 0.6 is 11.6 Å². The topological polar surface area (TPSA) is 66.5 Å². The minimum absolute atomic E-state index is 0.203. The Bertz CT molecular complexity index is 838. The smallest absolute Gasteiger partial charge is 0.253 e. The molecule has 5 nitrogen and oxygen atoms in total. The molecule has 0 radical (unpaired) electrons. The van der Waals surface area contributed by atoms with E-state index in [4.69, 9.17) is 11.6 Å². The zero-order valence-corrected chi connectivity index (χ0v) is 15.2. The highest BCUT2D eigenvalue weighted by Crippen LogP contribution is 2.24. The molecular weight excluding hydrogens is 348 g/mol. The minimum atomic E-state index is -3.42. The van der Waals surface area contributed by atoms with Gasteiger partial charge >= 0.3 is 0 Å². The monoisotopic (exact) mass is 366 g/mol. The Morgan fingerprint density at radius 1 is 1.17 bits per heavy atom. The maximum Gasteiger partial charge on any atom is 0.253 e. The largest absolute Gasteiger partial charge is 0.345 e. The molecule has 0 aromatic heterocycles. The van der Waals surface area contributed by atoms with Crippen LogP contribution in [0.1, 0.15) is 28.9 Å². The van der Waals surface area contributed by atoms with Crippen LogP contribution in [0.15, 0.2) is 48.5 Å². The quantitative estimate of drug-likeness (QED) is 0.883. The standard InChI is InChI=1S/C17H19ClN2O3S/c1-12(13-7-5-4-6-8-13)19-17(21)15-11-14(9-10-16(15)18)20(2)24(3,22)23/h4-12H,1-3H3,(H,19,21). The van der Waals surface area contributed by atoms with Crippen molar-refractivity contribution >= 4 is 33.2 Å². The van der Waals surface area contributed by atoms with E-state index < -0.39 is 10.0 Å². The number of anilines is 1. The predicted molar refractivity (Wildman–Crippen MR) is 97.0 cm³/mol. The van der Waals surface area contributed by atoms with Gasteiger partial charge in [0.15, 0.2) is 0 Å². The molecule has 128 valence electrons. The number of sulfonamides is 1. The van der Waals surface area contributed by atoms with Gasteiger partial charge in [0.05, 0.1) is 28.6 Å². The van der Waals surface area contributed by atoms with E-state index in [1.807, 2.05) is 37.3 Å². The van der Waals surface area contributed by atoms with E-state index >= 15 is 0 Å². The van der Waals surface area contributed by atoms with E-state index in [2.05, 4.69) is 5.32 Å². The summed E-state index contributed by atoms with van der Waals surface area (Å²) in [7, 11) is -2.00. The SMILES string of the molecule is CC(NC(=O)c1cc(N(C)S(C)(=O)=O)ccc1Cl)c1ccccc1. The van der Waals surface area contributed by atoms with E-state index in [9.17, 15) is 13.2 Å². The summed E-state index contributed by atoms with van der Waals surface area (Å²) in [6, 6.07) is 13.9. The van der Waals surface area contributed by atoms with Gasteiger partial charge in [0, 0.05) is 7.05 Å². The molecule has 2 aromatic carbocycles. The van der Waals surface area contributed by atoms with Crippen LogP contribution in [0.2, 0.25) is 5.02 Å². The predicted octanol–water partition coefficient (Wildman–Crippen LogP) is 3.23. The Labute approximate surface area is 147 Å². The molecule has 0 fully saturated rings. The number of hydrogen-bond donors (Lipinski definition) is 1. The zero-order valence-electron chi connectivity index (χ0n) is 13.7. The normalized spacial score (nSPS) is 12.5. The van der Waals surface area contributed by atoms with Gasteiger partial charge in [-0.05, 0) is 30.7 Å². The number of rotatable bonds is 5. The number of halogens is 1. The summed E-state index contributed by atoms with van der Waals surface area (Å²) in [6.45, 7) is 1.87. The first kappa shape index (κ1) is 18.3. The van der Waals surface area contributed by atoms with Crippen LogP contribution in [0.4, 0.5) is 5.69 Å². The molecule has 0 spiro atoms. The maximum absolute atomic E-state index is 12.5. The second-order valence-corrected chi connectivity index (χ2v) is 7.92. The molecule has 1 atom stereocenters. The summed E-state index contributed by atoms with van der Waals surface area (Å²) in [4.78, 5) is 12.5. The Kier molecular flexibility index (Phi) is 5.51. The van der Waals surface area contributed by atoms with Gasteiger partial charge in [0.2, 0.25) is 10.0 Å². The lowest BCUT2D eigenvalue weighted by Crippen LogP contribution is -2.28. The molecule has 0 aliphatic carbocycles. The molecule has 1 unspecified atom stereocenters. The Hall–Kier alpha value is -2.05. The van der Waals surface area contributed by atoms with Crippen LogP contribution < -0.4 is 9.62 Å². The summed E-state index contributed by atoms with van der Waals surface area (Å²) >= 11 is 6.11. The minimum Gasteiger partial charge on any atom is -0.345 e. The van der Waals surface area contributed by atoms with Crippen LogP contribution in [0.5, 0.6) is 0 Å². The van der Waals surface area contributed by atoms with E-state index in [0.717, 1.165) is 16.1 Å². The number of nitrogens with zero attached hydrogens (tertiary/aromatic N) is 1. The number of carbonyl (C=O) groups excluding carboxylic acids is 1. The van der Waals surface area contributed by atoms with Crippen molar-refractivity contribution in [1.29, 1.82) is 0 Å². The van der Waals surface area contributed by atoms with Crippen molar-refractivity contribution in [3.8, 4) is 0 Å². The van der Waals surface area contributed by atoms with Gasteiger partial charge in [0.1, 0.15) is 0 Å². The third-order valence-electron chi connectivity index (χ3n) is 3.70. The zero-order chi connectivity index (χ0) is 17.9. The lowest BCUT2D eigenvalue weighted by molar-refractivity contribution is 0.0940. The van der Waals surface area contributed by atoms with Crippen LogP contribution in [0.3, 0.4) is 0 Å². The first-order valence-corrected chi connectivity index (χ1v) is 9.52. The van der Waals surface area contributed by atoms with Crippen molar-refractivity contribution < 1.29 is 13.2 Å². The van der Waals surface area contributed by atoms with Gasteiger partial charge in [-0.2, -0.15) is 0 Å². The lowest BCUT2D eigenvalue weighted by Gasteiger charge is -2.19. The fourth-order valence-corrected chi connectivity index (χ4v) is 2.87. The van der Waals surface area contributed by atoms with Crippen LogP contribution in [0, 0.1) is 0 Å². The molecule has 24 heavy (non-hydrogen) atoms. The van der Waals surface area contributed by atoms with Gasteiger partial charge in [-0.25, -0.2) is 8.42 Å². The van der Waals surface area contributed by atoms with E-state index in [0.29, 0.717) is 5.69 Å². The summed E-state index contributed by atoms with van der Waals surface area (Å²) in [5.74, 6) is -0.361. The molecular formula is C17H19ClN2O3S. The molecule has 1 amide bonds. The third-order valence-corrected chi connectivity index (χ3v) is 5.24. The van der Waals surface area contributed by atoms with E-state index in [1.165, 1.54) is 19.2 Å². The summed E-state index contributed by atoms with van der Waals surface area (Å²) in [6.07, 6.45) is 1.10. The first-order chi connectivity index (χ1) is 11.2. The fraction of sp³-hybridized carbons (Fsp3) is 0.235. The maximum atomic E-state index is 12.5. The van der Waals surface area contributed by atoms with Gasteiger partial charge in [-0.15, -0.1) is 0 Å². The van der Waals surface area contributed by atoms with Crippen LogP contribution in [0.25, 0.3) is 0 Å². The molecule has 2 rings (SSSR count). The van der Waals surface area contributed by atoms with Gasteiger partial charge in [-0.3, -0.25) is 9.10 Å². The molecule has 0 aliphatic rings. The second-order valence-electron chi connectivity index (χ2n) is 5.50. The molecule has 0 heterocycles. The fourth-order valence-electron chi connectivity index (χ4n) is 2.17. The van der Waals surface area contributed by atoms with Crippen molar-refractivity contribution in [2.75, 3.05) is 17.6 Å². The van der Waals surface area contributed by atoms with Gasteiger partial charge in [-0.1, -0.05) is 41.9 Å². The Morgan fingerprint density at radius 3 is 2.38 bits per heavy atom. The first-order valence-electron chi connectivity index (χ1n) is 7.29. The van der Waals surface area contributed by atoms with Crippen molar-refractivity contribution in [3.63, 3.8) is 0 Å². The van der Waals surface area contributed by atoms with Crippen LogP contribution in [-0.2, 0) is 10.0 Å². The lowest BCUT2D eigenvalue weighted by atomic mass is 10.1. The average molecular weight is 367 g/mol. The van der Waals surface area contributed by atoms with Crippen molar-refractivity contribution in [2.45, 2.75) is 13.0 Å². The summed E-state index contributed by atoms with van der Waals surface area (Å²) in [5, 5.41) is 3.13. The molecule has 7 heteroatoms. The number of benzene rings is 2. The van der Waals surface area contributed by atoms with Gasteiger partial charge in [0.25, 0.3) is 5.91 Å². The highest BCUT2D eigenvalue weighted by atomic mass is 35.5.